The first-order valence-corrected chi connectivity index (χ1v) is 11.7. The van der Waals surface area contributed by atoms with E-state index in [-0.39, 0.29) is 12.2 Å². The fourth-order valence-electron chi connectivity index (χ4n) is 3.70. The zero-order chi connectivity index (χ0) is 18.7. The molecule has 0 bridgehead atoms. The molecule has 153 valence electrons. The average molecular weight is 367 g/mol. The second-order valence-electron chi connectivity index (χ2n) is 8.05. The molecule has 0 aromatic rings. The van der Waals surface area contributed by atoms with Crippen LogP contribution in [0, 0.1) is 0 Å². The number of carbonyl (C=O) groups is 1. The molecule has 0 amide bonds. The molecule has 0 N–H and O–H groups in total. The van der Waals surface area contributed by atoms with E-state index >= 15 is 0 Å². The maximum atomic E-state index is 11.8. The zero-order valence-corrected chi connectivity index (χ0v) is 17.5. The van der Waals surface area contributed by atoms with E-state index in [1.165, 1.54) is 83.5 Å². The van der Waals surface area contributed by atoms with Crippen molar-refractivity contribution in [2.24, 2.45) is 0 Å². The number of piperidine rings is 1. The summed E-state index contributed by atoms with van der Waals surface area (Å²) in [6, 6.07) is 0. The van der Waals surface area contributed by atoms with Gasteiger partial charge in [-0.25, -0.2) is 5.32 Å². The molecule has 3 nitrogen and oxygen atoms in total. The Morgan fingerprint density at radius 3 is 1.73 bits per heavy atom. The van der Waals surface area contributed by atoms with E-state index < -0.39 is 0 Å². The first-order valence-electron chi connectivity index (χ1n) is 11.7. The van der Waals surface area contributed by atoms with Gasteiger partial charge in [-0.1, -0.05) is 96.8 Å². The molecular formula is C23H44NO2. The summed E-state index contributed by atoms with van der Waals surface area (Å²) >= 11 is 0. The molecule has 1 atom stereocenters. The molecule has 3 heteroatoms. The largest absolute Gasteiger partial charge is 0.445 e. The minimum Gasteiger partial charge on any atom is -0.445 e. The predicted molar refractivity (Wildman–Crippen MR) is 110 cm³/mol. The van der Waals surface area contributed by atoms with Crippen LogP contribution in [-0.2, 0) is 9.53 Å². The van der Waals surface area contributed by atoms with Gasteiger partial charge in [0.05, 0.1) is 0 Å². The Morgan fingerprint density at radius 2 is 1.27 bits per heavy atom. The van der Waals surface area contributed by atoms with Crippen LogP contribution in [0.15, 0.2) is 0 Å². The molecule has 1 unspecified atom stereocenters. The SMILES string of the molecule is CCCCCCCCCCCCCCCCCC(=O)OC1CCCC[N]1. The summed E-state index contributed by atoms with van der Waals surface area (Å²) in [5, 5.41) is 4.35. The summed E-state index contributed by atoms with van der Waals surface area (Å²) in [4.78, 5) is 11.8. The minimum absolute atomic E-state index is 0.0460. The van der Waals surface area contributed by atoms with Gasteiger partial charge in [-0.3, -0.25) is 4.79 Å². The van der Waals surface area contributed by atoms with E-state index in [9.17, 15) is 4.79 Å². The monoisotopic (exact) mass is 366 g/mol. The van der Waals surface area contributed by atoms with E-state index in [0.717, 1.165) is 38.6 Å². The van der Waals surface area contributed by atoms with Crippen LogP contribution in [0.1, 0.15) is 129 Å². The van der Waals surface area contributed by atoms with Crippen molar-refractivity contribution in [2.45, 2.75) is 135 Å². The van der Waals surface area contributed by atoms with Gasteiger partial charge in [-0.15, -0.1) is 0 Å². The Labute approximate surface area is 163 Å². The molecular weight excluding hydrogens is 322 g/mol. The quantitative estimate of drug-likeness (QED) is 0.207. The Bertz CT molecular complexity index is 313. The van der Waals surface area contributed by atoms with Crippen molar-refractivity contribution in [1.29, 1.82) is 0 Å². The summed E-state index contributed by atoms with van der Waals surface area (Å²) < 4.78 is 5.40. The summed E-state index contributed by atoms with van der Waals surface area (Å²) in [6.07, 6.45) is 23.9. The van der Waals surface area contributed by atoms with Gasteiger partial charge < -0.3 is 4.74 Å². The van der Waals surface area contributed by atoms with Crippen LogP contribution >= 0.6 is 0 Å². The van der Waals surface area contributed by atoms with Crippen LogP contribution in [0.2, 0.25) is 0 Å². The lowest BCUT2D eigenvalue weighted by Gasteiger charge is -2.21. The maximum Gasteiger partial charge on any atom is 0.307 e. The lowest BCUT2D eigenvalue weighted by Crippen LogP contribution is -2.32. The lowest BCUT2D eigenvalue weighted by atomic mass is 10.0. The summed E-state index contributed by atoms with van der Waals surface area (Å²) in [5.74, 6) is -0.0460. The van der Waals surface area contributed by atoms with Crippen molar-refractivity contribution in [1.82, 2.24) is 5.32 Å². The number of hydrogen-bond acceptors (Lipinski definition) is 2. The molecule has 26 heavy (non-hydrogen) atoms. The van der Waals surface area contributed by atoms with Gasteiger partial charge in [-0.2, -0.15) is 0 Å². The van der Waals surface area contributed by atoms with Gasteiger partial charge in [0.15, 0.2) is 6.23 Å². The normalized spacial score (nSPS) is 17.3. The van der Waals surface area contributed by atoms with Gasteiger partial charge in [0.1, 0.15) is 0 Å². The molecule has 1 fully saturated rings. The summed E-state index contributed by atoms with van der Waals surface area (Å²) in [7, 11) is 0. The Hall–Kier alpha value is -0.570. The van der Waals surface area contributed by atoms with Crippen LogP contribution in [0.5, 0.6) is 0 Å². The number of esters is 1. The summed E-state index contributed by atoms with van der Waals surface area (Å²) in [5.41, 5.74) is 0. The number of hydrogen-bond donors (Lipinski definition) is 0. The van der Waals surface area contributed by atoms with Gasteiger partial charge in [-0.05, 0) is 25.7 Å². The number of rotatable bonds is 17. The topological polar surface area (TPSA) is 40.4 Å². The molecule has 1 aliphatic rings. The lowest BCUT2D eigenvalue weighted by molar-refractivity contribution is -0.152. The highest BCUT2D eigenvalue weighted by Crippen LogP contribution is 2.15. The molecule has 0 saturated carbocycles. The number of nitrogens with zero attached hydrogens (tertiary/aromatic N) is 1. The third-order valence-corrected chi connectivity index (χ3v) is 5.44. The average Bonchev–Trinajstić information content (AvgIpc) is 2.65. The van der Waals surface area contributed by atoms with Crippen molar-refractivity contribution in [3.8, 4) is 0 Å². The van der Waals surface area contributed by atoms with E-state index in [2.05, 4.69) is 12.2 Å². The van der Waals surface area contributed by atoms with Gasteiger partial charge in [0, 0.05) is 13.0 Å². The fraction of sp³-hybridized carbons (Fsp3) is 0.957. The van der Waals surface area contributed by atoms with Crippen LogP contribution in [-0.4, -0.2) is 18.7 Å². The highest BCUT2D eigenvalue weighted by molar-refractivity contribution is 5.69. The molecule has 1 saturated heterocycles. The molecule has 0 aromatic heterocycles. The van der Waals surface area contributed by atoms with Crippen molar-refractivity contribution in [3.05, 3.63) is 0 Å². The Balaban J connectivity index is 1.73. The van der Waals surface area contributed by atoms with Gasteiger partial charge >= 0.3 is 5.97 Å². The highest BCUT2D eigenvalue weighted by Gasteiger charge is 2.17. The van der Waals surface area contributed by atoms with Crippen LogP contribution < -0.4 is 5.32 Å². The van der Waals surface area contributed by atoms with Crippen molar-refractivity contribution < 1.29 is 9.53 Å². The molecule has 1 heterocycles. The molecule has 0 spiro atoms. The van der Waals surface area contributed by atoms with E-state index in [1.807, 2.05) is 0 Å². The van der Waals surface area contributed by atoms with Gasteiger partial charge in [0.25, 0.3) is 0 Å². The van der Waals surface area contributed by atoms with Gasteiger partial charge in [0.2, 0.25) is 0 Å². The van der Waals surface area contributed by atoms with Crippen LogP contribution in [0.25, 0.3) is 0 Å². The third kappa shape index (κ3) is 14.6. The van der Waals surface area contributed by atoms with Crippen molar-refractivity contribution in [2.75, 3.05) is 6.54 Å². The fourth-order valence-corrected chi connectivity index (χ4v) is 3.70. The molecule has 1 aliphatic heterocycles. The first kappa shape index (κ1) is 23.5. The van der Waals surface area contributed by atoms with E-state index in [0.29, 0.717) is 6.42 Å². The zero-order valence-electron chi connectivity index (χ0n) is 17.5. The molecule has 0 aliphatic carbocycles. The number of carbonyl (C=O) groups excluding carboxylic acids is 1. The molecule has 0 aromatic carbocycles. The Kier molecular flexibility index (Phi) is 16.1. The van der Waals surface area contributed by atoms with Crippen LogP contribution in [0.3, 0.4) is 0 Å². The number of unbranched alkanes of at least 4 members (excludes halogenated alkanes) is 14. The first-order chi connectivity index (χ1) is 12.8. The van der Waals surface area contributed by atoms with E-state index in [1.54, 1.807) is 0 Å². The van der Waals surface area contributed by atoms with Crippen molar-refractivity contribution in [3.63, 3.8) is 0 Å². The maximum absolute atomic E-state index is 11.8. The highest BCUT2D eigenvalue weighted by atomic mass is 16.6. The van der Waals surface area contributed by atoms with Crippen molar-refractivity contribution >= 4 is 5.97 Å². The second-order valence-corrected chi connectivity index (χ2v) is 8.05. The minimum atomic E-state index is -0.146. The third-order valence-electron chi connectivity index (χ3n) is 5.44. The van der Waals surface area contributed by atoms with E-state index in [4.69, 9.17) is 4.74 Å². The Morgan fingerprint density at radius 1 is 0.769 bits per heavy atom. The molecule has 1 radical (unpaired) electrons. The smallest absolute Gasteiger partial charge is 0.307 e. The molecule has 1 rings (SSSR count). The summed E-state index contributed by atoms with van der Waals surface area (Å²) in [6.45, 7) is 3.14. The standard InChI is InChI=1S/C23H44NO2/c1-2-3-4-5-6-7-8-9-10-11-12-13-14-15-16-20-23(25)26-22-19-17-18-21-24-22/h22H,2-21H2,1H3. The number of ether oxygens (including phenoxy) is 1. The second kappa shape index (κ2) is 17.8. The predicted octanol–water partition coefficient (Wildman–Crippen LogP) is 6.91. The van der Waals surface area contributed by atoms with Crippen LogP contribution in [0.4, 0.5) is 0 Å².